The summed E-state index contributed by atoms with van der Waals surface area (Å²) in [6, 6.07) is 2.18. The van der Waals surface area contributed by atoms with Crippen LogP contribution in [0, 0.1) is 11.7 Å². The second-order valence-electron chi connectivity index (χ2n) is 5.38. The standard InChI is InChI=1S/C14H20F3N3O/c1-20-4-2-9(3-5-20)8-19-12-7-13(21-14(16)17)10(15)6-11(12)18/h6-7,9,14,19H,2-5,8,18H2,1H3. The molecule has 0 unspecified atom stereocenters. The minimum Gasteiger partial charge on any atom is -0.432 e. The van der Waals surface area contributed by atoms with Crippen LogP contribution in [0.25, 0.3) is 0 Å². The van der Waals surface area contributed by atoms with Gasteiger partial charge in [0.15, 0.2) is 11.6 Å². The Morgan fingerprint density at radius 1 is 1.38 bits per heavy atom. The molecule has 1 saturated heterocycles. The lowest BCUT2D eigenvalue weighted by Gasteiger charge is -2.29. The molecule has 118 valence electrons. The summed E-state index contributed by atoms with van der Waals surface area (Å²) >= 11 is 0. The van der Waals surface area contributed by atoms with Crippen molar-refractivity contribution in [2.45, 2.75) is 19.5 Å². The number of nitrogens with one attached hydrogen (secondary N) is 1. The summed E-state index contributed by atoms with van der Waals surface area (Å²) in [4.78, 5) is 2.26. The molecule has 7 heteroatoms. The number of anilines is 2. The van der Waals surface area contributed by atoms with Crippen molar-refractivity contribution in [1.29, 1.82) is 0 Å². The summed E-state index contributed by atoms with van der Waals surface area (Å²) in [6.07, 6.45) is 2.12. The number of nitrogens with zero attached hydrogens (tertiary/aromatic N) is 1. The van der Waals surface area contributed by atoms with Crippen LogP contribution in [-0.2, 0) is 0 Å². The van der Waals surface area contributed by atoms with Gasteiger partial charge in [0.25, 0.3) is 0 Å². The van der Waals surface area contributed by atoms with Gasteiger partial charge >= 0.3 is 6.61 Å². The Hall–Kier alpha value is -1.63. The third kappa shape index (κ3) is 4.42. The number of likely N-dealkylation sites (tertiary alicyclic amines) is 1. The highest BCUT2D eigenvalue weighted by Gasteiger charge is 2.18. The van der Waals surface area contributed by atoms with Crippen molar-refractivity contribution in [3.8, 4) is 5.75 Å². The van der Waals surface area contributed by atoms with E-state index < -0.39 is 18.2 Å². The Bertz CT molecular complexity index is 477. The van der Waals surface area contributed by atoms with Crippen molar-refractivity contribution in [2.24, 2.45) is 5.92 Å². The molecule has 21 heavy (non-hydrogen) atoms. The maximum absolute atomic E-state index is 13.5. The zero-order chi connectivity index (χ0) is 15.4. The number of ether oxygens (including phenoxy) is 1. The van der Waals surface area contributed by atoms with E-state index in [1.165, 1.54) is 6.07 Å². The van der Waals surface area contributed by atoms with E-state index in [0.717, 1.165) is 32.0 Å². The molecule has 0 aromatic heterocycles. The first-order valence-corrected chi connectivity index (χ1v) is 6.92. The second kappa shape index (κ2) is 6.89. The van der Waals surface area contributed by atoms with Gasteiger partial charge in [-0.25, -0.2) is 4.39 Å². The molecule has 2 rings (SSSR count). The van der Waals surface area contributed by atoms with Crippen LogP contribution in [0.1, 0.15) is 12.8 Å². The summed E-state index contributed by atoms with van der Waals surface area (Å²) in [6.45, 7) is -0.321. The highest BCUT2D eigenvalue weighted by Crippen LogP contribution is 2.30. The van der Waals surface area contributed by atoms with Gasteiger partial charge in [0.2, 0.25) is 0 Å². The lowest BCUT2D eigenvalue weighted by atomic mass is 9.97. The van der Waals surface area contributed by atoms with E-state index in [1.807, 2.05) is 0 Å². The van der Waals surface area contributed by atoms with E-state index in [4.69, 9.17) is 5.73 Å². The van der Waals surface area contributed by atoms with Crippen LogP contribution in [0.15, 0.2) is 12.1 Å². The number of hydrogen-bond acceptors (Lipinski definition) is 4. The largest absolute Gasteiger partial charge is 0.432 e. The Balaban J connectivity index is 1.98. The molecule has 0 bridgehead atoms. The van der Waals surface area contributed by atoms with Gasteiger partial charge in [0.1, 0.15) is 0 Å². The molecule has 1 aromatic rings. The van der Waals surface area contributed by atoms with E-state index in [-0.39, 0.29) is 5.69 Å². The molecule has 1 aliphatic heterocycles. The maximum Gasteiger partial charge on any atom is 0.387 e. The van der Waals surface area contributed by atoms with Crippen molar-refractivity contribution < 1.29 is 17.9 Å². The average Bonchev–Trinajstić information content (AvgIpc) is 2.42. The molecule has 1 heterocycles. The SMILES string of the molecule is CN1CCC(CNc2cc(OC(F)F)c(F)cc2N)CC1. The smallest absolute Gasteiger partial charge is 0.387 e. The van der Waals surface area contributed by atoms with E-state index in [0.29, 0.717) is 18.2 Å². The predicted octanol–water partition coefficient (Wildman–Crippen LogP) is 2.76. The topological polar surface area (TPSA) is 50.5 Å². The Labute approximate surface area is 122 Å². The van der Waals surface area contributed by atoms with Gasteiger partial charge in [-0.2, -0.15) is 8.78 Å². The number of halogens is 3. The first-order chi connectivity index (χ1) is 9.95. The van der Waals surface area contributed by atoms with E-state index in [2.05, 4.69) is 22.0 Å². The minimum atomic E-state index is -3.06. The third-order valence-electron chi connectivity index (χ3n) is 3.74. The van der Waals surface area contributed by atoms with Gasteiger partial charge in [0.05, 0.1) is 11.4 Å². The van der Waals surface area contributed by atoms with Crippen LogP contribution in [0.2, 0.25) is 0 Å². The fraction of sp³-hybridized carbons (Fsp3) is 0.571. The molecule has 0 spiro atoms. The van der Waals surface area contributed by atoms with Crippen LogP contribution in [0.4, 0.5) is 24.5 Å². The Morgan fingerprint density at radius 3 is 2.67 bits per heavy atom. The fourth-order valence-corrected chi connectivity index (χ4v) is 2.43. The van der Waals surface area contributed by atoms with Crippen LogP contribution >= 0.6 is 0 Å². The van der Waals surface area contributed by atoms with E-state index in [9.17, 15) is 13.2 Å². The third-order valence-corrected chi connectivity index (χ3v) is 3.74. The van der Waals surface area contributed by atoms with E-state index >= 15 is 0 Å². The highest BCUT2D eigenvalue weighted by atomic mass is 19.3. The van der Waals surface area contributed by atoms with Crippen LogP contribution in [0.3, 0.4) is 0 Å². The first-order valence-electron chi connectivity index (χ1n) is 6.92. The molecular formula is C14H20F3N3O. The number of alkyl halides is 2. The molecule has 0 amide bonds. The van der Waals surface area contributed by atoms with E-state index in [1.54, 1.807) is 0 Å². The first kappa shape index (κ1) is 15.8. The zero-order valence-corrected chi connectivity index (χ0v) is 11.9. The Kier molecular flexibility index (Phi) is 5.17. The van der Waals surface area contributed by atoms with Crippen molar-refractivity contribution in [2.75, 3.05) is 37.7 Å². The monoisotopic (exact) mass is 303 g/mol. The molecular weight excluding hydrogens is 283 g/mol. The molecule has 1 fully saturated rings. The Morgan fingerprint density at radius 2 is 2.05 bits per heavy atom. The summed E-state index contributed by atoms with van der Waals surface area (Å²) in [7, 11) is 2.08. The molecule has 0 aliphatic carbocycles. The molecule has 0 saturated carbocycles. The minimum absolute atomic E-state index is 0.182. The number of nitrogen functional groups attached to an aromatic ring is 1. The molecule has 4 nitrogen and oxygen atoms in total. The summed E-state index contributed by atoms with van der Waals surface area (Å²) in [5, 5.41) is 3.10. The molecule has 0 radical (unpaired) electrons. The molecule has 0 atom stereocenters. The highest BCUT2D eigenvalue weighted by molar-refractivity contribution is 5.68. The van der Waals surface area contributed by atoms with Crippen LogP contribution in [0.5, 0.6) is 5.75 Å². The maximum atomic E-state index is 13.5. The number of piperidine rings is 1. The quantitative estimate of drug-likeness (QED) is 0.821. The van der Waals surface area contributed by atoms with Crippen LogP contribution < -0.4 is 15.8 Å². The molecule has 3 N–H and O–H groups in total. The average molecular weight is 303 g/mol. The van der Waals surface area contributed by atoms with Gasteiger partial charge in [-0.1, -0.05) is 0 Å². The van der Waals surface area contributed by atoms with Gasteiger partial charge in [-0.3, -0.25) is 0 Å². The van der Waals surface area contributed by atoms with Gasteiger partial charge in [-0.15, -0.1) is 0 Å². The number of rotatable bonds is 5. The van der Waals surface area contributed by atoms with Crippen molar-refractivity contribution >= 4 is 11.4 Å². The second-order valence-corrected chi connectivity index (χ2v) is 5.38. The van der Waals surface area contributed by atoms with Gasteiger partial charge in [-0.05, 0) is 38.9 Å². The predicted molar refractivity (Wildman–Crippen MR) is 76.2 cm³/mol. The van der Waals surface area contributed by atoms with Crippen molar-refractivity contribution in [3.05, 3.63) is 17.9 Å². The zero-order valence-electron chi connectivity index (χ0n) is 11.9. The van der Waals surface area contributed by atoms with Crippen molar-refractivity contribution in [1.82, 2.24) is 4.90 Å². The lowest BCUT2D eigenvalue weighted by Crippen LogP contribution is -2.33. The molecule has 1 aliphatic rings. The fourth-order valence-electron chi connectivity index (χ4n) is 2.43. The summed E-state index contributed by atoms with van der Waals surface area (Å²) < 4.78 is 42.0. The number of benzene rings is 1. The van der Waals surface area contributed by atoms with Gasteiger partial charge < -0.3 is 20.7 Å². The lowest BCUT2D eigenvalue weighted by molar-refractivity contribution is -0.0521. The van der Waals surface area contributed by atoms with Crippen LogP contribution in [-0.4, -0.2) is 38.2 Å². The number of hydrogen-bond donors (Lipinski definition) is 2. The van der Waals surface area contributed by atoms with Crippen molar-refractivity contribution in [3.63, 3.8) is 0 Å². The molecule has 1 aromatic carbocycles. The van der Waals surface area contributed by atoms with Gasteiger partial charge in [0, 0.05) is 18.7 Å². The number of nitrogens with two attached hydrogens (primary N) is 1. The normalized spacial score (nSPS) is 17.2. The summed E-state index contributed by atoms with van der Waals surface area (Å²) in [5.41, 5.74) is 6.31. The summed E-state index contributed by atoms with van der Waals surface area (Å²) in [5.74, 6) is -0.896.